The van der Waals surface area contributed by atoms with Gasteiger partial charge in [-0.2, -0.15) is 0 Å². The molecule has 1 rings (SSSR count). The normalized spacial score (nSPS) is 11.8. The van der Waals surface area contributed by atoms with Gasteiger partial charge in [0.2, 0.25) is 0 Å². The number of aryl methyl sites for hydroxylation is 1. The molecule has 0 aliphatic carbocycles. The molecule has 68 valence electrons. The summed E-state index contributed by atoms with van der Waals surface area (Å²) in [4.78, 5) is 0. The summed E-state index contributed by atoms with van der Waals surface area (Å²) in [5.41, 5.74) is 0. The number of hydrogen-bond donors (Lipinski definition) is 1. The van der Waals surface area contributed by atoms with Crippen LogP contribution in [0.2, 0.25) is 0 Å². The quantitative estimate of drug-likeness (QED) is 0.669. The van der Waals surface area contributed by atoms with Gasteiger partial charge in [-0.15, -0.1) is 5.10 Å². The monoisotopic (exact) mass is 190 g/mol. The van der Waals surface area contributed by atoms with Crippen molar-refractivity contribution in [2.45, 2.75) is 12.8 Å². The maximum Gasteiger partial charge on any atom is 0.148 e. The molecule has 0 saturated carbocycles. The summed E-state index contributed by atoms with van der Waals surface area (Å²) in [5.74, 6) is 0.798. The topological polar surface area (TPSA) is 88.6 Å². The molecule has 0 aliphatic rings. The lowest BCUT2D eigenvalue weighted by Crippen LogP contribution is -2.04. The Hall–Kier alpha value is -0.980. The predicted octanol–water partition coefficient (Wildman–Crippen LogP) is -0.823. The third-order valence-corrected chi connectivity index (χ3v) is 2.35. The molecule has 0 amide bonds. The van der Waals surface area contributed by atoms with E-state index in [1.165, 1.54) is 6.26 Å². The van der Waals surface area contributed by atoms with Crippen LogP contribution in [-0.4, -0.2) is 41.1 Å². The van der Waals surface area contributed by atoms with Gasteiger partial charge in [-0.3, -0.25) is 0 Å². The van der Waals surface area contributed by atoms with Crippen molar-refractivity contribution in [1.29, 1.82) is 0 Å². The van der Waals surface area contributed by atoms with E-state index < -0.39 is 9.84 Å². The zero-order valence-electron chi connectivity index (χ0n) is 6.69. The molecule has 1 aromatic heterocycles. The molecule has 1 aromatic rings. The van der Waals surface area contributed by atoms with Crippen LogP contribution >= 0.6 is 0 Å². The highest BCUT2D eigenvalue weighted by molar-refractivity contribution is 7.90. The minimum atomic E-state index is -2.86. The average molecular weight is 190 g/mol. The fourth-order valence-corrected chi connectivity index (χ4v) is 1.46. The molecule has 7 heteroatoms. The number of sulfone groups is 1. The summed E-state index contributed by atoms with van der Waals surface area (Å²) in [6.07, 6.45) is 2.33. The van der Waals surface area contributed by atoms with E-state index in [0.29, 0.717) is 18.7 Å². The highest BCUT2D eigenvalue weighted by Crippen LogP contribution is 1.95. The van der Waals surface area contributed by atoms with Gasteiger partial charge in [0.25, 0.3) is 0 Å². The number of nitrogens with one attached hydrogen (secondary N) is 1. The summed E-state index contributed by atoms with van der Waals surface area (Å²) in [7, 11) is -2.86. The fourth-order valence-electron chi connectivity index (χ4n) is 0.786. The van der Waals surface area contributed by atoms with E-state index in [4.69, 9.17) is 0 Å². The van der Waals surface area contributed by atoms with Gasteiger partial charge in [0.15, 0.2) is 0 Å². The molecule has 0 spiro atoms. The Labute approximate surface area is 70.3 Å². The Bertz CT molecular complexity index is 317. The number of tetrazole rings is 1. The molecular weight excluding hydrogens is 180 g/mol. The first-order valence-corrected chi connectivity index (χ1v) is 5.54. The fraction of sp³-hybridized carbons (Fsp3) is 0.800. The van der Waals surface area contributed by atoms with Gasteiger partial charge in [-0.05, 0) is 16.8 Å². The Kier molecular flexibility index (Phi) is 2.74. The standard InChI is InChI=1S/C5H10N4O2S/c1-12(10,11)4-2-3-5-6-8-9-7-5/h2-4H2,1H3,(H,6,7,8,9). The Morgan fingerprint density at radius 1 is 1.50 bits per heavy atom. The Morgan fingerprint density at radius 2 is 2.25 bits per heavy atom. The van der Waals surface area contributed by atoms with Crippen molar-refractivity contribution in [3.05, 3.63) is 5.82 Å². The van der Waals surface area contributed by atoms with Crippen LogP contribution in [0.25, 0.3) is 0 Å². The summed E-state index contributed by atoms with van der Waals surface area (Å²) in [6.45, 7) is 0. The first-order chi connectivity index (χ1) is 5.58. The first-order valence-electron chi connectivity index (χ1n) is 3.48. The van der Waals surface area contributed by atoms with Gasteiger partial charge in [0, 0.05) is 12.7 Å². The van der Waals surface area contributed by atoms with Gasteiger partial charge < -0.3 is 0 Å². The molecule has 0 saturated heterocycles. The molecule has 0 aliphatic heterocycles. The number of aromatic nitrogens is 4. The van der Waals surface area contributed by atoms with Crippen molar-refractivity contribution < 1.29 is 8.42 Å². The summed E-state index contributed by atoms with van der Waals surface area (Å²) >= 11 is 0. The molecular formula is C5H10N4O2S. The number of H-pyrrole nitrogens is 1. The van der Waals surface area contributed by atoms with Crippen molar-refractivity contribution >= 4 is 9.84 Å². The predicted molar refractivity (Wildman–Crippen MR) is 42.2 cm³/mol. The maximum atomic E-state index is 10.7. The number of rotatable bonds is 4. The van der Waals surface area contributed by atoms with Crippen molar-refractivity contribution in [2.75, 3.05) is 12.0 Å². The van der Waals surface area contributed by atoms with E-state index in [1.807, 2.05) is 0 Å². The van der Waals surface area contributed by atoms with E-state index in [1.54, 1.807) is 0 Å². The summed E-state index contributed by atoms with van der Waals surface area (Å²) in [6, 6.07) is 0. The SMILES string of the molecule is CS(=O)(=O)CCCc1nnn[nH]1. The molecule has 6 nitrogen and oxygen atoms in total. The lowest BCUT2D eigenvalue weighted by Gasteiger charge is -1.94. The minimum Gasteiger partial charge on any atom is -0.243 e. The number of nitrogens with zero attached hydrogens (tertiary/aromatic N) is 3. The second kappa shape index (κ2) is 3.61. The molecule has 0 atom stereocenters. The van der Waals surface area contributed by atoms with Gasteiger partial charge in [-0.1, -0.05) is 0 Å². The van der Waals surface area contributed by atoms with Crippen LogP contribution in [0, 0.1) is 0 Å². The van der Waals surface area contributed by atoms with Crippen molar-refractivity contribution in [2.24, 2.45) is 0 Å². The first kappa shape index (κ1) is 9.11. The van der Waals surface area contributed by atoms with Crippen molar-refractivity contribution in [3.63, 3.8) is 0 Å². The van der Waals surface area contributed by atoms with Gasteiger partial charge in [-0.25, -0.2) is 13.5 Å². The second-order valence-electron chi connectivity index (χ2n) is 2.58. The molecule has 0 radical (unpaired) electrons. The van der Waals surface area contributed by atoms with Gasteiger partial charge in [0.1, 0.15) is 15.7 Å². The zero-order chi connectivity index (χ0) is 9.03. The highest BCUT2D eigenvalue weighted by atomic mass is 32.2. The summed E-state index contributed by atoms with van der Waals surface area (Å²) in [5, 5.41) is 12.9. The Morgan fingerprint density at radius 3 is 2.75 bits per heavy atom. The molecule has 1 heterocycles. The van der Waals surface area contributed by atoms with E-state index in [2.05, 4.69) is 20.6 Å². The lowest BCUT2D eigenvalue weighted by atomic mass is 10.3. The van der Waals surface area contributed by atoms with Crippen LogP contribution in [0.4, 0.5) is 0 Å². The highest BCUT2D eigenvalue weighted by Gasteiger charge is 2.03. The van der Waals surface area contributed by atoms with Crippen LogP contribution in [0.1, 0.15) is 12.2 Å². The Balaban J connectivity index is 2.29. The largest absolute Gasteiger partial charge is 0.243 e. The molecule has 1 N–H and O–H groups in total. The third-order valence-electron chi connectivity index (χ3n) is 1.32. The summed E-state index contributed by atoms with van der Waals surface area (Å²) < 4.78 is 21.4. The molecule has 0 fully saturated rings. The third kappa shape index (κ3) is 3.42. The van der Waals surface area contributed by atoms with Crippen molar-refractivity contribution in [3.8, 4) is 0 Å². The second-order valence-corrected chi connectivity index (χ2v) is 4.84. The van der Waals surface area contributed by atoms with E-state index in [0.717, 1.165) is 0 Å². The van der Waals surface area contributed by atoms with Gasteiger partial charge in [0.05, 0.1) is 5.75 Å². The van der Waals surface area contributed by atoms with Crippen LogP contribution in [0.3, 0.4) is 0 Å². The average Bonchev–Trinajstić information content (AvgIpc) is 2.36. The minimum absolute atomic E-state index is 0.174. The van der Waals surface area contributed by atoms with Gasteiger partial charge >= 0.3 is 0 Å². The molecule has 0 bridgehead atoms. The molecule has 0 unspecified atom stereocenters. The van der Waals surface area contributed by atoms with E-state index in [9.17, 15) is 8.42 Å². The van der Waals surface area contributed by atoms with Crippen LogP contribution in [0.15, 0.2) is 0 Å². The maximum absolute atomic E-state index is 10.7. The number of aromatic amines is 1. The zero-order valence-corrected chi connectivity index (χ0v) is 7.50. The smallest absolute Gasteiger partial charge is 0.148 e. The van der Waals surface area contributed by atoms with E-state index >= 15 is 0 Å². The van der Waals surface area contributed by atoms with Crippen LogP contribution < -0.4 is 0 Å². The molecule has 0 aromatic carbocycles. The van der Waals surface area contributed by atoms with Crippen LogP contribution in [0.5, 0.6) is 0 Å². The van der Waals surface area contributed by atoms with Crippen molar-refractivity contribution in [1.82, 2.24) is 20.6 Å². The van der Waals surface area contributed by atoms with Crippen LogP contribution in [-0.2, 0) is 16.3 Å². The molecule has 12 heavy (non-hydrogen) atoms. The lowest BCUT2D eigenvalue weighted by molar-refractivity contribution is 0.598. The van der Waals surface area contributed by atoms with E-state index in [-0.39, 0.29) is 5.75 Å². The number of hydrogen-bond acceptors (Lipinski definition) is 5.